The summed E-state index contributed by atoms with van der Waals surface area (Å²) in [6, 6.07) is 8.56. The minimum atomic E-state index is 0.328. The van der Waals surface area contributed by atoms with Crippen molar-refractivity contribution in [3.63, 3.8) is 0 Å². The van der Waals surface area contributed by atoms with Gasteiger partial charge in [-0.3, -0.25) is 0 Å². The van der Waals surface area contributed by atoms with Crippen molar-refractivity contribution in [3.8, 4) is 5.75 Å². The number of hydrogen-bond acceptors (Lipinski definition) is 6. The van der Waals surface area contributed by atoms with Gasteiger partial charge in [-0.2, -0.15) is 0 Å². The summed E-state index contributed by atoms with van der Waals surface area (Å²) in [6.45, 7) is 2.22. The molecule has 0 aliphatic carbocycles. The molecule has 5 nitrogen and oxygen atoms in total. The Morgan fingerprint density at radius 2 is 2.14 bits per heavy atom. The summed E-state index contributed by atoms with van der Waals surface area (Å²) in [5, 5.41) is 2.71. The molecule has 0 amide bonds. The number of nitrogens with zero attached hydrogens (tertiary/aromatic N) is 2. The van der Waals surface area contributed by atoms with E-state index in [2.05, 4.69) is 27.4 Å². The zero-order chi connectivity index (χ0) is 15.4. The van der Waals surface area contributed by atoms with Gasteiger partial charge in [-0.1, -0.05) is 0 Å². The van der Waals surface area contributed by atoms with Gasteiger partial charge in [0.1, 0.15) is 12.4 Å². The number of rotatable bonds is 6. The zero-order valence-corrected chi connectivity index (χ0v) is 13.5. The molecule has 2 N–H and O–H groups in total. The number of thiazole rings is 1. The SMILES string of the molecule is COCCOc1ccc(N2CCCC2c2csc(N)n2)cc1. The second-order valence-corrected chi connectivity index (χ2v) is 6.19. The molecule has 0 radical (unpaired) electrons. The number of nitrogen functional groups attached to an aromatic ring is 1. The third-order valence-corrected chi connectivity index (χ3v) is 4.55. The molecule has 6 heteroatoms. The zero-order valence-electron chi connectivity index (χ0n) is 12.7. The lowest BCUT2D eigenvalue weighted by Gasteiger charge is -2.25. The van der Waals surface area contributed by atoms with Gasteiger partial charge in [-0.25, -0.2) is 4.98 Å². The molecule has 1 aromatic heterocycles. The highest BCUT2D eigenvalue weighted by Gasteiger charge is 2.28. The van der Waals surface area contributed by atoms with E-state index >= 15 is 0 Å². The highest BCUT2D eigenvalue weighted by atomic mass is 32.1. The minimum absolute atomic E-state index is 0.328. The van der Waals surface area contributed by atoms with Crippen molar-refractivity contribution < 1.29 is 9.47 Å². The Morgan fingerprint density at radius 1 is 1.32 bits per heavy atom. The number of ether oxygens (including phenoxy) is 2. The molecule has 0 spiro atoms. The average molecular weight is 319 g/mol. The summed E-state index contributed by atoms with van der Waals surface area (Å²) in [6.07, 6.45) is 2.30. The van der Waals surface area contributed by atoms with Crippen LogP contribution in [-0.2, 0) is 4.74 Å². The van der Waals surface area contributed by atoms with Crippen LogP contribution in [0.25, 0.3) is 0 Å². The minimum Gasteiger partial charge on any atom is -0.491 e. The smallest absolute Gasteiger partial charge is 0.180 e. The predicted molar refractivity (Wildman–Crippen MR) is 89.7 cm³/mol. The normalized spacial score (nSPS) is 17.9. The van der Waals surface area contributed by atoms with Crippen molar-refractivity contribution in [2.75, 3.05) is 37.5 Å². The Hall–Kier alpha value is -1.79. The molecule has 1 unspecified atom stereocenters. The Morgan fingerprint density at radius 3 is 2.82 bits per heavy atom. The lowest BCUT2D eigenvalue weighted by molar-refractivity contribution is 0.146. The van der Waals surface area contributed by atoms with Crippen molar-refractivity contribution in [2.45, 2.75) is 18.9 Å². The van der Waals surface area contributed by atoms with Crippen LogP contribution in [0.3, 0.4) is 0 Å². The maximum absolute atomic E-state index is 5.77. The van der Waals surface area contributed by atoms with E-state index in [0.29, 0.717) is 24.4 Å². The van der Waals surface area contributed by atoms with E-state index < -0.39 is 0 Å². The Kier molecular flexibility index (Phi) is 4.80. The molecule has 3 rings (SSSR count). The number of anilines is 2. The molecular formula is C16H21N3O2S. The van der Waals surface area contributed by atoms with Crippen LogP contribution >= 0.6 is 11.3 Å². The number of methoxy groups -OCH3 is 1. The van der Waals surface area contributed by atoms with Gasteiger partial charge in [0.25, 0.3) is 0 Å². The lowest BCUT2D eigenvalue weighted by Crippen LogP contribution is -2.22. The fraction of sp³-hybridized carbons (Fsp3) is 0.438. The van der Waals surface area contributed by atoms with Gasteiger partial charge in [0.15, 0.2) is 5.13 Å². The van der Waals surface area contributed by atoms with Crippen LogP contribution in [0.5, 0.6) is 5.75 Å². The molecule has 1 aliphatic rings. The first-order valence-electron chi connectivity index (χ1n) is 7.47. The quantitative estimate of drug-likeness (QED) is 0.829. The number of benzene rings is 1. The van der Waals surface area contributed by atoms with Crippen molar-refractivity contribution >= 4 is 22.2 Å². The standard InChI is InChI=1S/C16H21N3O2S/c1-20-9-10-21-13-6-4-12(5-7-13)19-8-2-3-15(19)14-11-22-16(17)18-14/h4-7,11,15H,2-3,8-10H2,1H3,(H2,17,18). The molecule has 2 aromatic rings. The highest BCUT2D eigenvalue weighted by Crippen LogP contribution is 2.37. The van der Waals surface area contributed by atoms with Crippen LogP contribution in [0.15, 0.2) is 29.6 Å². The largest absolute Gasteiger partial charge is 0.491 e. The first kappa shape index (κ1) is 15.1. The van der Waals surface area contributed by atoms with Crippen molar-refractivity contribution in [1.29, 1.82) is 0 Å². The number of nitrogens with two attached hydrogens (primary N) is 1. The number of hydrogen-bond donors (Lipinski definition) is 1. The van der Waals surface area contributed by atoms with E-state index in [1.165, 1.54) is 23.4 Å². The second-order valence-electron chi connectivity index (χ2n) is 5.30. The predicted octanol–water partition coefficient (Wildman–Crippen LogP) is 3.09. The van der Waals surface area contributed by atoms with Crippen LogP contribution in [0, 0.1) is 0 Å². The number of aromatic nitrogens is 1. The van der Waals surface area contributed by atoms with Gasteiger partial charge in [0.05, 0.1) is 18.3 Å². The van der Waals surface area contributed by atoms with Crippen LogP contribution < -0.4 is 15.4 Å². The summed E-state index contributed by atoms with van der Waals surface area (Å²) < 4.78 is 10.6. The summed E-state index contributed by atoms with van der Waals surface area (Å²) in [5.74, 6) is 0.870. The monoisotopic (exact) mass is 319 g/mol. The average Bonchev–Trinajstić information content (AvgIpc) is 3.17. The second kappa shape index (κ2) is 6.98. The van der Waals surface area contributed by atoms with E-state index in [0.717, 1.165) is 24.4 Å². The summed E-state index contributed by atoms with van der Waals surface area (Å²) in [4.78, 5) is 6.85. The summed E-state index contributed by atoms with van der Waals surface area (Å²) in [5.41, 5.74) is 8.06. The third kappa shape index (κ3) is 3.34. The van der Waals surface area contributed by atoms with Crippen LogP contribution in [0.2, 0.25) is 0 Å². The van der Waals surface area contributed by atoms with E-state index in [9.17, 15) is 0 Å². The van der Waals surface area contributed by atoms with E-state index in [-0.39, 0.29) is 0 Å². The van der Waals surface area contributed by atoms with Gasteiger partial charge in [0, 0.05) is 24.7 Å². The maximum atomic E-state index is 5.77. The first-order chi connectivity index (χ1) is 10.8. The highest BCUT2D eigenvalue weighted by molar-refractivity contribution is 7.13. The molecule has 118 valence electrons. The molecule has 0 bridgehead atoms. The molecule has 22 heavy (non-hydrogen) atoms. The van der Waals surface area contributed by atoms with E-state index in [4.69, 9.17) is 15.2 Å². The summed E-state index contributed by atoms with van der Waals surface area (Å²) in [7, 11) is 1.67. The van der Waals surface area contributed by atoms with Gasteiger partial charge in [0.2, 0.25) is 0 Å². The summed E-state index contributed by atoms with van der Waals surface area (Å²) >= 11 is 1.51. The van der Waals surface area contributed by atoms with Crippen molar-refractivity contribution in [3.05, 3.63) is 35.3 Å². The topological polar surface area (TPSA) is 60.6 Å². The molecule has 1 aromatic carbocycles. The molecule has 1 aliphatic heterocycles. The van der Waals surface area contributed by atoms with Crippen LogP contribution in [-0.4, -0.2) is 31.9 Å². The molecular weight excluding hydrogens is 298 g/mol. The van der Waals surface area contributed by atoms with E-state index in [1.807, 2.05) is 12.1 Å². The van der Waals surface area contributed by atoms with Crippen LogP contribution in [0.1, 0.15) is 24.6 Å². The molecule has 0 saturated carbocycles. The molecule has 1 saturated heterocycles. The lowest BCUT2D eigenvalue weighted by atomic mass is 10.1. The van der Waals surface area contributed by atoms with Gasteiger partial charge in [-0.15, -0.1) is 11.3 Å². The Balaban J connectivity index is 1.70. The van der Waals surface area contributed by atoms with Gasteiger partial charge >= 0.3 is 0 Å². The van der Waals surface area contributed by atoms with Crippen LogP contribution in [0.4, 0.5) is 10.8 Å². The fourth-order valence-electron chi connectivity index (χ4n) is 2.81. The molecule has 2 heterocycles. The maximum Gasteiger partial charge on any atom is 0.180 e. The van der Waals surface area contributed by atoms with Gasteiger partial charge in [-0.05, 0) is 37.1 Å². The molecule has 1 fully saturated rings. The Labute approximate surface area is 134 Å². The van der Waals surface area contributed by atoms with Crippen molar-refractivity contribution in [2.24, 2.45) is 0 Å². The Bertz CT molecular complexity index is 600. The first-order valence-corrected chi connectivity index (χ1v) is 8.35. The van der Waals surface area contributed by atoms with E-state index in [1.54, 1.807) is 7.11 Å². The van der Waals surface area contributed by atoms with Crippen molar-refractivity contribution in [1.82, 2.24) is 4.98 Å². The fourth-order valence-corrected chi connectivity index (χ4v) is 3.42. The third-order valence-electron chi connectivity index (χ3n) is 3.86. The molecule has 1 atom stereocenters. The van der Waals surface area contributed by atoms with Gasteiger partial charge < -0.3 is 20.1 Å².